The molecule has 0 bridgehead atoms. The molecule has 0 unspecified atom stereocenters. The number of aromatic nitrogens is 5. The summed E-state index contributed by atoms with van der Waals surface area (Å²) in [6, 6.07) is 3.99. The topological polar surface area (TPSA) is 48.5 Å². The van der Waals surface area contributed by atoms with E-state index in [1.54, 1.807) is 0 Å². The van der Waals surface area contributed by atoms with Crippen LogP contribution in [0.15, 0.2) is 18.3 Å². The average molecular weight is 298 g/mol. The lowest BCUT2D eigenvalue weighted by atomic mass is 10.5. The summed E-state index contributed by atoms with van der Waals surface area (Å²) in [5, 5.41) is 13.0. The van der Waals surface area contributed by atoms with E-state index in [2.05, 4.69) is 15.3 Å². The Hall–Kier alpha value is -1.73. The van der Waals surface area contributed by atoms with E-state index >= 15 is 0 Å². The molecule has 0 aliphatic rings. The molecule has 0 saturated heterocycles. The van der Waals surface area contributed by atoms with E-state index in [4.69, 9.17) is 11.6 Å². The predicted octanol–water partition coefficient (Wildman–Crippen LogP) is 2.92. The van der Waals surface area contributed by atoms with Crippen LogP contribution in [0, 0.1) is 19.7 Å². The van der Waals surface area contributed by atoms with Gasteiger partial charge in [0.05, 0.1) is 6.20 Å². The fourth-order valence-corrected chi connectivity index (χ4v) is 2.95. The molecule has 0 N–H and O–H groups in total. The average Bonchev–Trinajstić information content (AvgIpc) is 3.03. The number of nitrogens with zero attached hydrogens (tertiary/aromatic N) is 5. The predicted molar refractivity (Wildman–Crippen MR) is 70.8 cm³/mol. The maximum atomic E-state index is 13.2. The highest BCUT2D eigenvalue weighted by Gasteiger charge is 2.15. The third kappa shape index (κ3) is 1.95. The first-order valence-corrected chi connectivity index (χ1v) is 6.65. The van der Waals surface area contributed by atoms with E-state index in [0.29, 0.717) is 10.3 Å². The number of rotatable bonds is 2. The van der Waals surface area contributed by atoms with Crippen LogP contribution in [-0.4, -0.2) is 24.5 Å². The first kappa shape index (κ1) is 12.3. The van der Waals surface area contributed by atoms with Gasteiger partial charge < -0.3 is 0 Å². The highest BCUT2D eigenvalue weighted by molar-refractivity contribution is 7.16. The smallest absolute Gasteiger partial charge is 0.236 e. The fraction of sp³-hybridized carbons (Fsp3) is 0.182. The van der Waals surface area contributed by atoms with Crippen LogP contribution in [0.1, 0.15) is 11.4 Å². The molecule has 3 heterocycles. The normalized spacial score (nSPS) is 11.2. The van der Waals surface area contributed by atoms with Crippen LogP contribution in [-0.2, 0) is 0 Å². The summed E-state index contributed by atoms with van der Waals surface area (Å²) in [6.45, 7) is 3.96. The molecular formula is C11H9ClFN5S. The van der Waals surface area contributed by atoms with Crippen LogP contribution in [0.3, 0.4) is 0 Å². The van der Waals surface area contributed by atoms with Gasteiger partial charge in [0.2, 0.25) is 10.3 Å². The van der Waals surface area contributed by atoms with Crippen molar-refractivity contribution in [3.05, 3.63) is 40.7 Å². The van der Waals surface area contributed by atoms with Gasteiger partial charge in [-0.3, -0.25) is 4.57 Å². The Kier molecular flexibility index (Phi) is 2.87. The van der Waals surface area contributed by atoms with E-state index in [0.717, 1.165) is 17.6 Å². The molecule has 0 radical (unpaired) electrons. The lowest BCUT2D eigenvalue weighted by Gasteiger charge is -2.02. The van der Waals surface area contributed by atoms with Gasteiger partial charge in [0, 0.05) is 11.4 Å². The second-order valence-electron chi connectivity index (χ2n) is 4.01. The van der Waals surface area contributed by atoms with Crippen molar-refractivity contribution in [1.82, 2.24) is 24.5 Å². The molecule has 5 nitrogen and oxygen atoms in total. The minimum atomic E-state index is -0.577. The van der Waals surface area contributed by atoms with Gasteiger partial charge in [0.1, 0.15) is 0 Å². The van der Waals surface area contributed by atoms with Gasteiger partial charge in [-0.1, -0.05) is 22.9 Å². The molecule has 0 saturated carbocycles. The molecule has 0 spiro atoms. The molecule has 0 fully saturated rings. The highest BCUT2D eigenvalue weighted by Crippen LogP contribution is 2.25. The molecule has 0 amide bonds. The molecule has 0 atom stereocenters. The molecule has 0 aliphatic carbocycles. The van der Waals surface area contributed by atoms with Crippen molar-refractivity contribution in [2.24, 2.45) is 0 Å². The maximum absolute atomic E-state index is 13.2. The zero-order valence-corrected chi connectivity index (χ0v) is 11.7. The fourth-order valence-electron chi connectivity index (χ4n) is 1.80. The van der Waals surface area contributed by atoms with Gasteiger partial charge in [-0.25, -0.2) is 4.39 Å². The second-order valence-corrected chi connectivity index (χ2v) is 5.31. The van der Waals surface area contributed by atoms with Gasteiger partial charge in [-0.15, -0.1) is 10.2 Å². The Balaban J connectivity index is 2.07. The molecule has 0 aliphatic heterocycles. The Morgan fingerprint density at radius 2 is 1.79 bits per heavy atom. The molecule has 19 heavy (non-hydrogen) atoms. The Labute approximate surface area is 117 Å². The van der Waals surface area contributed by atoms with Crippen LogP contribution in [0.4, 0.5) is 4.39 Å². The molecule has 3 aromatic rings. The third-order valence-corrected chi connectivity index (χ3v) is 3.94. The second kappa shape index (κ2) is 4.43. The monoisotopic (exact) mass is 297 g/mol. The standard InChI is InChI=1S/C11H9ClFN5S/c1-6-3-4-7(2)17(6)10-15-16-11(19-10)18-9(12)8(13)5-14-18/h3-5H,1-2H3. The minimum Gasteiger partial charge on any atom is -0.293 e. The Bertz CT molecular complexity index is 725. The van der Waals surface area contributed by atoms with Crippen molar-refractivity contribution >= 4 is 22.9 Å². The van der Waals surface area contributed by atoms with E-state index in [9.17, 15) is 4.39 Å². The first-order chi connectivity index (χ1) is 9.08. The Morgan fingerprint density at radius 3 is 2.37 bits per heavy atom. The van der Waals surface area contributed by atoms with Crippen molar-refractivity contribution < 1.29 is 4.39 Å². The zero-order valence-electron chi connectivity index (χ0n) is 10.1. The van der Waals surface area contributed by atoms with E-state index in [1.807, 2.05) is 30.5 Å². The van der Waals surface area contributed by atoms with E-state index in [-0.39, 0.29) is 5.15 Å². The van der Waals surface area contributed by atoms with Gasteiger partial charge in [-0.2, -0.15) is 9.78 Å². The summed E-state index contributed by atoms with van der Waals surface area (Å²) in [5.74, 6) is -0.577. The van der Waals surface area contributed by atoms with Crippen LogP contribution in [0.25, 0.3) is 10.3 Å². The lowest BCUT2D eigenvalue weighted by molar-refractivity contribution is 0.627. The van der Waals surface area contributed by atoms with Crippen LogP contribution in [0.5, 0.6) is 0 Å². The summed E-state index contributed by atoms with van der Waals surface area (Å²) in [7, 11) is 0. The summed E-state index contributed by atoms with van der Waals surface area (Å²) < 4.78 is 16.4. The van der Waals surface area contributed by atoms with Crippen molar-refractivity contribution in [1.29, 1.82) is 0 Å². The van der Waals surface area contributed by atoms with Gasteiger partial charge in [-0.05, 0) is 26.0 Å². The molecule has 3 aromatic heterocycles. The molecule has 3 rings (SSSR count). The number of halogens is 2. The number of aryl methyl sites for hydroxylation is 2. The highest BCUT2D eigenvalue weighted by atomic mass is 35.5. The summed E-state index contributed by atoms with van der Waals surface area (Å²) in [6.07, 6.45) is 1.05. The molecule has 98 valence electrons. The number of hydrogen-bond acceptors (Lipinski definition) is 4. The SMILES string of the molecule is Cc1ccc(C)n1-c1nnc(-n2ncc(F)c2Cl)s1. The van der Waals surface area contributed by atoms with Gasteiger partial charge in [0.25, 0.3) is 0 Å². The van der Waals surface area contributed by atoms with Crippen LogP contribution in [0.2, 0.25) is 5.15 Å². The number of hydrogen-bond donors (Lipinski definition) is 0. The first-order valence-electron chi connectivity index (χ1n) is 5.46. The summed E-state index contributed by atoms with van der Waals surface area (Å²) in [4.78, 5) is 0. The Morgan fingerprint density at radius 1 is 1.16 bits per heavy atom. The van der Waals surface area contributed by atoms with E-state index in [1.165, 1.54) is 16.0 Å². The maximum Gasteiger partial charge on any atom is 0.236 e. The molecule has 8 heteroatoms. The van der Waals surface area contributed by atoms with Crippen LogP contribution < -0.4 is 0 Å². The minimum absolute atomic E-state index is 0.0938. The quantitative estimate of drug-likeness (QED) is 0.731. The van der Waals surface area contributed by atoms with E-state index < -0.39 is 5.82 Å². The van der Waals surface area contributed by atoms with Crippen molar-refractivity contribution in [2.75, 3.05) is 0 Å². The van der Waals surface area contributed by atoms with Gasteiger partial charge >= 0.3 is 0 Å². The van der Waals surface area contributed by atoms with Crippen molar-refractivity contribution in [2.45, 2.75) is 13.8 Å². The van der Waals surface area contributed by atoms with Crippen molar-refractivity contribution in [3.63, 3.8) is 0 Å². The summed E-state index contributed by atoms with van der Waals surface area (Å²) >= 11 is 7.09. The molecule has 0 aromatic carbocycles. The van der Waals surface area contributed by atoms with Crippen molar-refractivity contribution in [3.8, 4) is 10.3 Å². The van der Waals surface area contributed by atoms with Gasteiger partial charge in [0.15, 0.2) is 11.0 Å². The zero-order chi connectivity index (χ0) is 13.6. The summed E-state index contributed by atoms with van der Waals surface area (Å²) in [5.41, 5.74) is 2.11. The largest absolute Gasteiger partial charge is 0.293 e. The lowest BCUT2D eigenvalue weighted by Crippen LogP contribution is -1.97. The third-order valence-electron chi connectivity index (χ3n) is 2.72. The molecular weight excluding hydrogens is 289 g/mol. The van der Waals surface area contributed by atoms with Crippen LogP contribution >= 0.6 is 22.9 Å².